The zero-order valence-electron chi connectivity index (χ0n) is 49.4. The van der Waals surface area contributed by atoms with E-state index in [2.05, 4.69) is 43.2 Å². The van der Waals surface area contributed by atoms with Gasteiger partial charge in [0, 0.05) is 70.8 Å². The van der Waals surface area contributed by atoms with Crippen molar-refractivity contribution in [3.63, 3.8) is 0 Å². The van der Waals surface area contributed by atoms with Gasteiger partial charge < -0.3 is 40.0 Å². The van der Waals surface area contributed by atoms with Crippen molar-refractivity contribution < 1.29 is 19.8 Å². The van der Waals surface area contributed by atoms with Crippen molar-refractivity contribution in [3.8, 4) is 45.4 Å². The lowest BCUT2D eigenvalue weighted by atomic mass is 10.0. The van der Waals surface area contributed by atoms with Crippen LogP contribution in [0.25, 0.3) is 56.0 Å². The quantitative estimate of drug-likeness (QED) is 0.120. The van der Waals surface area contributed by atoms with Crippen LogP contribution in [-0.2, 0) is 9.59 Å². The van der Waals surface area contributed by atoms with Gasteiger partial charge in [-0.15, -0.1) is 0 Å². The first-order valence-electron chi connectivity index (χ1n) is 28.5. The fourth-order valence-electron chi connectivity index (χ4n) is 12.5. The Kier molecular flexibility index (Phi) is 16.3. The second kappa shape index (κ2) is 23.4. The molecule has 2 fully saturated rings. The Morgan fingerprint density at radius 3 is 1.54 bits per heavy atom. The highest BCUT2D eigenvalue weighted by Crippen LogP contribution is 2.50. The van der Waals surface area contributed by atoms with E-state index in [4.69, 9.17) is 61.4 Å². The van der Waals surface area contributed by atoms with Crippen LogP contribution in [0.5, 0.6) is 11.5 Å². The number of aryl methyl sites for hydroxylation is 2. The van der Waals surface area contributed by atoms with Crippen LogP contribution in [0.4, 0.5) is 23.0 Å². The Balaban J connectivity index is 0.000000180. The molecule has 0 aliphatic carbocycles. The minimum Gasteiger partial charge on any atom is -0.507 e. The maximum absolute atomic E-state index is 14.3. The molecule has 12 rings (SSSR count). The van der Waals surface area contributed by atoms with Crippen LogP contribution in [-0.4, -0.2) is 141 Å². The minimum atomic E-state index is -0.534. The summed E-state index contributed by atoms with van der Waals surface area (Å²) in [5.74, 6) is 0.343. The summed E-state index contributed by atoms with van der Waals surface area (Å²) in [5.41, 5.74) is 5.88. The van der Waals surface area contributed by atoms with E-state index in [1.165, 1.54) is 33.4 Å². The summed E-state index contributed by atoms with van der Waals surface area (Å²) >= 11 is 27.6. The number of carbonyl (C=O) groups excluding carboxylic acids is 2. The standard InChI is InChI=1S/C32H33Cl2N7O3.C31H31Cl2N7O3/c1-7-22(43)39-15-19-14-38(6)29-24-30(40(19)13-18(39)5)37-32(44)41(28-17(4)11-12-35-26(28)16(2)3)31(24)36-27(25(29)34)23-20(33)9-8-10-21(23)42;1-6-21(42)38-14-18-12-35-26-23-29(39(18)13-17(38)5)37-31(43)40(28-16(4)10-11-34-25(28)15(2)3)30(23)36-27(24(26)33)22-19(32)8-7-9-20(22)41/h7-12,16,18-19,42H,1,13-15H2,2-6H3;6-11,15,17-18,35,41H,1,12-14H2,2-5H3. The molecule has 6 aromatic heterocycles. The van der Waals surface area contributed by atoms with Gasteiger partial charge in [0.15, 0.2) is 11.3 Å². The number of aromatic nitrogens is 8. The zero-order chi connectivity index (χ0) is 62.3. The molecule has 0 saturated carbocycles. The number of hydrogen-bond acceptors (Lipinski definition) is 16. The smallest absolute Gasteiger partial charge is 0.355 e. The Bertz CT molecular complexity index is 4280. The van der Waals surface area contributed by atoms with Crippen molar-refractivity contribution in [1.82, 2.24) is 48.8 Å². The van der Waals surface area contributed by atoms with Crippen LogP contribution < -0.4 is 31.4 Å². The molecule has 0 bridgehead atoms. The number of phenols is 2. The van der Waals surface area contributed by atoms with Crippen molar-refractivity contribution in [2.75, 3.05) is 66.3 Å². The van der Waals surface area contributed by atoms with Gasteiger partial charge >= 0.3 is 11.4 Å². The van der Waals surface area contributed by atoms with E-state index in [-0.39, 0.29) is 102 Å². The van der Waals surface area contributed by atoms with Crippen LogP contribution in [0.15, 0.2) is 95.8 Å². The number of piperazine rings is 2. The predicted molar refractivity (Wildman–Crippen MR) is 345 cm³/mol. The van der Waals surface area contributed by atoms with Gasteiger partial charge in [-0.05, 0) is 99.2 Å². The number of aromatic hydroxyl groups is 2. The lowest BCUT2D eigenvalue weighted by Crippen LogP contribution is -2.61. The first kappa shape index (κ1) is 60.4. The highest BCUT2D eigenvalue weighted by Gasteiger charge is 2.42. The van der Waals surface area contributed by atoms with Crippen LogP contribution in [0.3, 0.4) is 0 Å². The lowest BCUT2D eigenvalue weighted by Gasteiger charge is -2.45. The molecule has 24 heteroatoms. The van der Waals surface area contributed by atoms with E-state index < -0.39 is 11.4 Å². The van der Waals surface area contributed by atoms with Gasteiger partial charge in [0.1, 0.15) is 23.1 Å². The molecule has 3 N–H and O–H groups in total. The summed E-state index contributed by atoms with van der Waals surface area (Å²) in [6.45, 7) is 25.7. The van der Waals surface area contributed by atoms with Crippen molar-refractivity contribution in [2.45, 2.75) is 91.4 Å². The summed E-state index contributed by atoms with van der Waals surface area (Å²) in [7, 11) is 1.91. The summed E-state index contributed by atoms with van der Waals surface area (Å²) in [6, 6.07) is 12.5. The largest absolute Gasteiger partial charge is 0.507 e. The molecule has 2 saturated heterocycles. The number of benzene rings is 2. The second-order valence-corrected chi connectivity index (χ2v) is 24.6. The molecular formula is C63H64Cl4N14O6. The molecule has 8 aromatic rings. The molecule has 4 aliphatic heterocycles. The maximum atomic E-state index is 14.3. The number of nitrogens with zero attached hydrogens (tertiary/aromatic N) is 13. The van der Waals surface area contributed by atoms with Crippen LogP contribution in [0, 0.1) is 13.8 Å². The molecule has 10 heterocycles. The van der Waals surface area contributed by atoms with Gasteiger partial charge in [-0.25, -0.2) is 28.7 Å². The van der Waals surface area contributed by atoms with Crippen molar-refractivity contribution in [3.05, 3.63) is 150 Å². The fraction of sp³-hybridized carbons (Fsp3) is 0.333. The molecule has 2 amide bonds. The summed E-state index contributed by atoms with van der Waals surface area (Å²) in [4.78, 5) is 92.2. The summed E-state index contributed by atoms with van der Waals surface area (Å²) < 4.78 is 2.99. The Morgan fingerprint density at radius 1 is 0.621 bits per heavy atom. The Labute approximate surface area is 522 Å². The molecular weight excluding hydrogens is 1190 g/mol. The molecule has 2 aromatic carbocycles. The molecule has 450 valence electrons. The van der Waals surface area contributed by atoms with Crippen molar-refractivity contribution in [1.29, 1.82) is 0 Å². The average Bonchev–Trinajstić information content (AvgIpc) is 1.73. The number of pyridine rings is 4. The van der Waals surface area contributed by atoms with E-state index in [0.717, 1.165) is 16.8 Å². The number of nitrogens with one attached hydrogen (secondary N) is 1. The highest BCUT2D eigenvalue weighted by atomic mass is 35.5. The third-order valence-electron chi connectivity index (χ3n) is 16.7. The molecule has 87 heavy (non-hydrogen) atoms. The Morgan fingerprint density at radius 2 is 1.07 bits per heavy atom. The van der Waals surface area contributed by atoms with Gasteiger partial charge in [-0.2, -0.15) is 9.97 Å². The first-order valence-corrected chi connectivity index (χ1v) is 30.0. The van der Waals surface area contributed by atoms with E-state index in [1.807, 2.05) is 79.5 Å². The van der Waals surface area contributed by atoms with E-state index >= 15 is 0 Å². The molecule has 4 aliphatic rings. The van der Waals surface area contributed by atoms with Gasteiger partial charge in [-0.3, -0.25) is 19.6 Å². The maximum Gasteiger partial charge on any atom is 0.355 e. The molecule has 0 radical (unpaired) electrons. The fourth-order valence-corrected chi connectivity index (χ4v) is 13.7. The van der Waals surface area contributed by atoms with Crippen LogP contribution in [0.1, 0.15) is 75.9 Å². The lowest BCUT2D eigenvalue weighted by molar-refractivity contribution is -0.129. The summed E-state index contributed by atoms with van der Waals surface area (Å²) in [6.07, 6.45) is 6.08. The Hall–Kier alpha value is -8.30. The highest BCUT2D eigenvalue weighted by molar-refractivity contribution is 6.40. The molecule has 0 spiro atoms. The van der Waals surface area contributed by atoms with Gasteiger partial charge in [0.05, 0.1) is 99.6 Å². The zero-order valence-corrected chi connectivity index (χ0v) is 52.4. The summed E-state index contributed by atoms with van der Waals surface area (Å²) in [5, 5.41) is 27.5. The molecule has 20 nitrogen and oxygen atoms in total. The van der Waals surface area contributed by atoms with Crippen LogP contribution in [0.2, 0.25) is 20.1 Å². The SMILES string of the molecule is C=CC(=O)N1CC2CN(C)c3c(Cl)c(-c4c(O)cccc4Cl)nc4c3c(nc(=O)n4-c3c(C)ccnc3C(C)C)N2CC1C.C=CC(=O)N1CC2CNc3c(Cl)c(-c4c(O)cccc4Cl)nc4c3c(nc(=O)n4-c3c(C)ccnc3C(C)C)N2CC1C. The number of hydrogen-bond donors (Lipinski definition) is 3. The van der Waals surface area contributed by atoms with Gasteiger partial charge in [0.2, 0.25) is 11.8 Å². The molecule has 4 unspecified atom stereocenters. The topological polar surface area (TPSA) is 224 Å². The second-order valence-electron chi connectivity index (χ2n) is 23.0. The normalized spacial score (nSPS) is 18.0. The van der Waals surface area contributed by atoms with Crippen molar-refractivity contribution in [2.24, 2.45) is 0 Å². The van der Waals surface area contributed by atoms with Gasteiger partial charge in [-0.1, -0.05) is 99.4 Å². The number of fused-ring (bicyclic) bond motifs is 4. The van der Waals surface area contributed by atoms with E-state index in [9.17, 15) is 29.4 Å². The number of carbonyl (C=O) groups is 2. The number of rotatable bonds is 8. The molecule has 4 atom stereocenters. The number of likely N-dealkylation sites (N-methyl/N-ethyl adjacent to an activating group) is 1. The number of halogens is 4. The number of amides is 2. The van der Waals surface area contributed by atoms with Crippen molar-refractivity contribution >= 4 is 103 Å². The number of phenolic OH excluding ortho intramolecular Hbond substituents is 2. The average molecular weight is 1260 g/mol. The third kappa shape index (κ3) is 10.2. The van der Waals surface area contributed by atoms with Gasteiger partial charge in [0.25, 0.3) is 0 Å². The predicted octanol–water partition coefficient (Wildman–Crippen LogP) is 10.6. The monoisotopic (exact) mass is 1250 g/mol. The minimum absolute atomic E-state index is 0.00936. The third-order valence-corrected chi connectivity index (χ3v) is 18.1. The number of anilines is 4. The van der Waals surface area contributed by atoms with Crippen LogP contribution >= 0.6 is 46.4 Å². The van der Waals surface area contributed by atoms with E-state index in [0.29, 0.717) is 101 Å². The van der Waals surface area contributed by atoms with E-state index in [1.54, 1.807) is 46.5 Å². The first-order chi connectivity index (χ1) is 41.5.